The SMILES string of the molecule is CC(C)n1[c-]nnn1. The molecule has 4 nitrogen and oxygen atoms in total. The second kappa shape index (κ2) is 1.90. The van der Waals surface area contributed by atoms with Gasteiger partial charge in [-0.25, -0.2) is 6.33 Å². The molecule has 8 heavy (non-hydrogen) atoms. The van der Waals surface area contributed by atoms with Crippen molar-refractivity contribution in [3.05, 3.63) is 6.33 Å². The average Bonchev–Trinajstić information content (AvgIpc) is 2.12. The predicted octanol–water partition coefficient (Wildman–Crippen LogP) is 0.0542. The van der Waals surface area contributed by atoms with Gasteiger partial charge in [0.2, 0.25) is 0 Å². The van der Waals surface area contributed by atoms with Gasteiger partial charge in [0.15, 0.2) is 0 Å². The Hall–Kier alpha value is -0.930. The van der Waals surface area contributed by atoms with Gasteiger partial charge in [-0.2, -0.15) is 0 Å². The summed E-state index contributed by atoms with van der Waals surface area (Å²) in [4.78, 5) is 0. The van der Waals surface area contributed by atoms with Gasteiger partial charge in [-0.05, 0) is 13.8 Å². The molecule has 1 aromatic heterocycles. The third-order valence-electron chi connectivity index (χ3n) is 0.817. The van der Waals surface area contributed by atoms with Crippen LogP contribution < -0.4 is 0 Å². The smallest absolute Gasteiger partial charge is 0.0129 e. The van der Waals surface area contributed by atoms with Gasteiger partial charge in [-0.1, -0.05) is 10.4 Å². The summed E-state index contributed by atoms with van der Waals surface area (Å²) >= 11 is 0. The molecule has 0 saturated heterocycles. The molecule has 0 aliphatic rings. The molecule has 0 amide bonds. The summed E-state index contributed by atoms with van der Waals surface area (Å²) in [6.45, 7) is 3.99. The van der Waals surface area contributed by atoms with Crippen LogP contribution in [-0.4, -0.2) is 20.2 Å². The van der Waals surface area contributed by atoms with Crippen LogP contribution in [0.1, 0.15) is 19.9 Å². The fraction of sp³-hybridized carbons (Fsp3) is 0.750. The van der Waals surface area contributed by atoms with E-state index < -0.39 is 0 Å². The Kier molecular flexibility index (Phi) is 1.24. The highest BCUT2D eigenvalue weighted by Gasteiger charge is 1.84. The Morgan fingerprint density at radius 2 is 2.25 bits per heavy atom. The van der Waals surface area contributed by atoms with Crippen molar-refractivity contribution in [1.29, 1.82) is 0 Å². The van der Waals surface area contributed by atoms with Crippen molar-refractivity contribution in [2.45, 2.75) is 19.9 Å². The molecular weight excluding hydrogens is 104 g/mol. The van der Waals surface area contributed by atoms with Crippen LogP contribution in [0.3, 0.4) is 0 Å². The molecule has 1 aromatic rings. The molecule has 1 heterocycles. The number of nitrogens with zero attached hydrogens (tertiary/aromatic N) is 4. The van der Waals surface area contributed by atoms with Crippen molar-refractivity contribution < 1.29 is 0 Å². The van der Waals surface area contributed by atoms with Crippen LogP contribution in [0.5, 0.6) is 0 Å². The molecule has 4 heteroatoms. The predicted molar refractivity (Wildman–Crippen MR) is 27.0 cm³/mol. The minimum atomic E-state index is 0.310. The third kappa shape index (κ3) is 0.828. The summed E-state index contributed by atoms with van der Waals surface area (Å²) in [5.74, 6) is 0. The average molecular weight is 111 g/mol. The lowest BCUT2D eigenvalue weighted by Gasteiger charge is -2.09. The molecule has 44 valence electrons. The normalized spacial score (nSPS) is 10.4. The first-order chi connectivity index (χ1) is 3.80. The number of rotatable bonds is 1. The Bertz CT molecular complexity index is 143. The standard InChI is InChI=1S/C4H7N4/c1-4(2)8-3-5-6-7-8/h4H,1-2H3/q-1. The van der Waals surface area contributed by atoms with Crippen molar-refractivity contribution in [2.75, 3.05) is 0 Å². The number of hydrogen-bond acceptors (Lipinski definition) is 3. The molecule has 0 bridgehead atoms. The van der Waals surface area contributed by atoms with Gasteiger partial charge in [0, 0.05) is 6.04 Å². The van der Waals surface area contributed by atoms with Gasteiger partial charge in [-0.3, -0.25) is 0 Å². The Labute approximate surface area is 47.5 Å². The molecule has 0 aromatic carbocycles. The monoisotopic (exact) mass is 111 g/mol. The Morgan fingerprint density at radius 1 is 1.50 bits per heavy atom. The van der Waals surface area contributed by atoms with E-state index in [1.54, 1.807) is 4.68 Å². The zero-order valence-electron chi connectivity index (χ0n) is 4.87. The van der Waals surface area contributed by atoms with Gasteiger partial charge < -0.3 is 9.78 Å². The summed E-state index contributed by atoms with van der Waals surface area (Å²) in [5, 5.41) is 10.4. The minimum Gasteiger partial charge on any atom is -0.405 e. The second-order valence-corrected chi connectivity index (χ2v) is 1.82. The maximum absolute atomic E-state index is 3.62. The third-order valence-corrected chi connectivity index (χ3v) is 0.817. The zero-order chi connectivity index (χ0) is 5.98. The zero-order valence-corrected chi connectivity index (χ0v) is 4.87. The van der Waals surface area contributed by atoms with E-state index in [4.69, 9.17) is 0 Å². The number of aromatic nitrogens is 4. The van der Waals surface area contributed by atoms with E-state index in [-0.39, 0.29) is 0 Å². The van der Waals surface area contributed by atoms with E-state index in [2.05, 4.69) is 21.9 Å². The first kappa shape index (κ1) is 5.21. The maximum atomic E-state index is 3.62. The summed E-state index contributed by atoms with van der Waals surface area (Å²) in [5.41, 5.74) is 0. The van der Waals surface area contributed by atoms with Gasteiger partial charge in [0.1, 0.15) is 0 Å². The van der Waals surface area contributed by atoms with Gasteiger partial charge in [0.25, 0.3) is 0 Å². The van der Waals surface area contributed by atoms with E-state index in [1.807, 2.05) is 13.8 Å². The first-order valence-corrected chi connectivity index (χ1v) is 2.46. The Morgan fingerprint density at radius 3 is 2.50 bits per heavy atom. The molecule has 0 unspecified atom stereocenters. The number of tetrazole rings is 1. The number of hydrogen-bond donors (Lipinski definition) is 0. The van der Waals surface area contributed by atoms with Gasteiger partial charge in [-0.15, -0.1) is 0 Å². The maximum Gasteiger partial charge on any atom is 0.0129 e. The van der Waals surface area contributed by atoms with Crippen molar-refractivity contribution in [3.63, 3.8) is 0 Å². The lowest BCUT2D eigenvalue weighted by Crippen LogP contribution is -2.00. The first-order valence-electron chi connectivity index (χ1n) is 2.46. The topological polar surface area (TPSA) is 43.6 Å². The van der Waals surface area contributed by atoms with Crippen LogP contribution in [0.2, 0.25) is 0 Å². The molecule has 0 atom stereocenters. The minimum absolute atomic E-state index is 0.310. The van der Waals surface area contributed by atoms with E-state index in [0.29, 0.717) is 6.04 Å². The molecule has 0 N–H and O–H groups in total. The van der Waals surface area contributed by atoms with E-state index in [9.17, 15) is 0 Å². The largest absolute Gasteiger partial charge is 0.405 e. The lowest BCUT2D eigenvalue weighted by atomic mass is 10.4. The summed E-state index contributed by atoms with van der Waals surface area (Å²) < 4.78 is 1.57. The molecular formula is C4H7N4-. The molecule has 0 fully saturated rings. The fourth-order valence-corrected chi connectivity index (χ4v) is 0.368. The van der Waals surface area contributed by atoms with E-state index in [0.717, 1.165) is 0 Å². The highest BCUT2D eigenvalue weighted by atomic mass is 15.5. The van der Waals surface area contributed by atoms with E-state index >= 15 is 0 Å². The quantitative estimate of drug-likeness (QED) is 0.481. The molecule has 1 rings (SSSR count). The van der Waals surface area contributed by atoms with Crippen molar-refractivity contribution in [1.82, 2.24) is 20.2 Å². The molecule has 0 spiro atoms. The second-order valence-electron chi connectivity index (χ2n) is 1.82. The van der Waals surface area contributed by atoms with Crippen LogP contribution in [-0.2, 0) is 0 Å². The fourth-order valence-electron chi connectivity index (χ4n) is 0.368. The summed E-state index contributed by atoms with van der Waals surface area (Å²) in [7, 11) is 0. The molecule has 0 aliphatic heterocycles. The Balaban J connectivity index is 2.77. The molecule has 0 saturated carbocycles. The van der Waals surface area contributed by atoms with Crippen molar-refractivity contribution in [3.8, 4) is 0 Å². The lowest BCUT2D eigenvalue weighted by molar-refractivity contribution is 0.511. The van der Waals surface area contributed by atoms with Crippen LogP contribution in [0, 0.1) is 6.33 Å². The molecule has 0 radical (unpaired) electrons. The van der Waals surface area contributed by atoms with Crippen LogP contribution >= 0.6 is 0 Å². The summed E-state index contributed by atoms with van der Waals surface area (Å²) in [6, 6.07) is 0.310. The van der Waals surface area contributed by atoms with Crippen molar-refractivity contribution in [2.24, 2.45) is 0 Å². The molecule has 0 aliphatic carbocycles. The highest BCUT2D eigenvalue weighted by molar-refractivity contribution is 4.49. The van der Waals surface area contributed by atoms with Crippen LogP contribution in [0.4, 0.5) is 0 Å². The van der Waals surface area contributed by atoms with Crippen LogP contribution in [0.25, 0.3) is 0 Å². The van der Waals surface area contributed by atoms with Gasteiger partial charge >= 0.3 is 0 Å². The summed E-state index contributed by atoms with van der Waals surface area (Å²) in [6.07, 6.45) is 2.58. The van der Waals surface area contributed by atoms with Crippen LogP contribution in [0.15, 0.2) is 0 Å². The van der Waals surface area contributed by atoms with Gasteiger partial charge in [0.05, 0.1) is 0 Å². The van der Waals surface area contributed by atoms with E-state index in [1.165, 1.54) is 0 Å². The highest BCUT2D eigenvalue weighted by Crippen LogP contribution is 1.94. The van der Waals surface area contributed by atoms with Crippen molar-refractivity contribution >= 4 is 0 Å².